The molecule has 0 spiro atoms. The van der Waals surface area contributed by atoms with Gasteiger partial charge in [-0.1, -0.05) is 24.3 Å². The number of methoxy groups -OCH3 is 1. The van der Waals surface area contributed by atoms with Gasteiger partial charge in [-0.05, 0) is 42.7 Å². The maximum atomic E-state index is 5.89. The first-order valence-electron chi connectivity index (χ1n) is 6.70. The van der Waals surface area contributed by atoms with E-state index in [1.54, 1.807) is 7.11 Å². The third kappa shape index (κ3) is 3.31. The monoisotopic (exact) mass is 271 g/mol. The standard InChI is InChI=1S/C17H21NO2/c1-12-4-5-13(2)16(8-12)20-11-14-6-7-15(10-18)17(9-14)19-3/h4-9H,10-11,18H2,1-3H3. The number of hydrogen-bond acceptors (Lipinski definition) is 3. The number of ether oxygens (including phenoxy) is 2. The second kappa shape index (κ2) is 6.44. The summed E-state index contributed by atoms with van der Waals surface area (Å²) < 4.78 is 11.2. The summed E-state index contributed by atoms with van der Waals surface area (Å²) in [4.78, 5) is 0. The fourth-order valence-corrected chi connectivity index (χ4v) is 2.07. The highest BCUT2D eigenvalue weighted by Gasteiger charge is 2.05. The van der Waals surface area contributed by atoms with Crippen molar-refractivity contribution in [3.05, 3.63) is 58.7 Å². The van der Waals surface area contributed by atoms with Gasteiger partial charge in [0.05, 0.1) is 7.11 Å². The van der Waals surface area contributed by atoms with Gasteiger partial charge in [0.25, 0.3) is 0 Å². The van der Waals surface area contributed by atoms with E-state index in [0.29, 0.717) is 13.2 Å². The van der Waals surface area contributed by atoms with E-state index in [1.807, 2.05) is 25.1 Å². The van der Waals surface area contributed by atoms with Gasteiger partial charge < -0.3 is 15.2 Å². The SMILES string of the molecule is COc1cc(COc2cc(C)ccc2C)ccc1CN. The minimum absolute atomic E-state index is 0.474. The molecular formula is C17H21NO2. The van der Waals surface area contributed by atoms with Crippen LogP contribution in [0.1, 0.15) is 22.3 Å². The van der Waals surface area contributed by atoms with Gasteiger partial charge in [-0.15, -0.1) is 0 Å². The van der Waals surface area contributed by atoms with E-state index in [4.69, 9.17) is 15.2 Å². The molecular weight excluding hydrogens is 250 g/mol. The highest BCUT2D eigenvalue weighted by Crippen LogP contribution is 2.23. The number of nitrogens with two attached hydrogens (primary N) is 1. The van der Waals surface area contributed by atoms with Gasteiger partial charge in [0.15, 0.2) is 0 Å². The predicted octanol–water partition coefficient (Wildman–Crippen LogP) is 3.35. The number of aryl methyl sites for hydroxylation is 2. The highest BCUT2D eigenvalue weighted by atomic mass is 16.5. The summed E-state index contributed by atoms with van der Waals surface area (Å²) >= 11 is 0. The van der Waals surface area contributed by atoms with Gasteiger partial charge in [0, 0.05) is 12.1 Å². The Balaban J connectivity index is 2.12. The van der Waals surface area contributed by atoms with Crippen LogP contribution in [0.3, 0.4) is 0 Å². The maximum Gasteiger partial charge on any atom is 0.123 e. The molecule has 0 saturated heterocycles. The van der Waals surface area contributed by atoms with Crippen LogP contribution in [-0.2, 0) is 13.2 Å². The van der Waals surface area contributed by atoms with Crippen molar-refractivity contribution < 1.29 is 9.47 Å². The smallest absolute Gasteiger partial charge is 0.123 e. The average Bonchev–Trinajstić information content (AvgIpc) is 2.47. The molecule has 0 atom stereocenters. The molecule has 106 valence electrons. The second-order valence-electron chi connectivity index (χ2n) is 4.91. The normalized spacial score (nSPS) is 10.4. The Labute approximate surface area is 120 Å². The van der Waals surface area contributed by atoms with E-state index in [2.05, 4.69) is 25.1 Å². The van der Waals surface area contributed by atoms with Crippen LogP contribution < -0.4 is 15.2 Å². The molecule has 0 aliphatic carbocycles. The van der Waals surface area contributed by atoms with Crippen LogP contribution in [0.5, 0.6) is 11.5 Å². The van der Waals surface area contributed by atoms with Crippen molar-refractivity contribution in [2.24, 2.45) is 5.73 Å². The lowest BCUT2D eigenvalue weighted by atomic mass is 10.1. The third-order valence-corrected chi connectivity index (χ3v) is 3.31. The van der Waals surface area contributed by atoms with Crippen LogP contribution in [0.2, 0.25) is 0 Å². The molecule has 0 aliphatic rings. The van der Waals surface area contributed by atoms with E-state index in [0.717, 1.165) is 28.2 Å². The largest absolute Gasteiger partial charge is 0.496 e. The van der Waals surface area contributed by atoms with Gasteiger partial charge in [-0.3, -0.25) is 0 Å². The summed E-state index contributed by atoms with van der Waals surface area (Å²) in [5, 5.41) is 0. The lowest BCUT2D eigenvalue weighted by Crippen LogP contribution is -2.02. The Morgan fingerprint density at radius 2 is 1.80 bits per heavy atom. The first-order valence-corrected chi connectivity index (χ1v) is 6.70. The van der Waals surface area contributed by atoms with E-state index >= 15 is 0 Å². The Morgan fingerprint density at radius 3 is 2.50 bits per heavy atom. The summed E-state index contributed by atoms with van der Waals surface area (Å²) in [5.74, 6) is 1.74. The lowest BCUT2D eigenvalue weighted by molar-refractivity contribution is 0.303. The van der Waals surface area contributed by atoms with E-state index in [1.165, 1.54) is 5.56 Å². The minimum Gasteiger partial charge on any atom is -0.496 e. The Morgan fingerprint density at radius 1 is 1.00 bits per heavy atom. The van der Waals surface area contributed by atoms with E-state index < -0.39 is 0 Å². The Kier molecular flexibility index (Phi) is 4.64. The minimum atomic E-state index is 0.474. The van der Waals surface area contributed by atoms with Gasteiger partial charge in [-0.2, -0.15) is 0 Å². The fraction of sp³-hybridized carbons (Fsp3) is 0.294. The van der Waals surface area contributed by atoms with Gasteiger partial charge in [-0.25, -0.2) is 0 Å². The summed E-state index contributed by atoms with van der Waals surface area (Å²) in [6.07, 6.45) is 0. The zero-order valence-electron chi connectivity index (χ0n) is 12.3. The van der Waals surface area contributed by atoms with Crippen molar-refractivity contribution in [1.29, 1.82) is 0 Å². The first kappa shape index (κ1) is 14.4. The maximum absolute atomic E-state index is 5.89. The van der Waals surface area contributed by atoms with Crippen molar-refractivity contribution in [3.8, 4) is 11.5 Å². The van der Waals surface area contributed by atoms with Crippen LogP contribution in [0.4, 0.5) is 0 Å². The van der Waals surface area contributed by atoms with Crippen LogP contribution in [0, 0.1) is 13.8 Å². The van der Waals surface area contributed by atoms with Gasteiger partial charge in [0.2, 0.25) is 0 Å². The molecule has 0 aromatic heterocycles. The second-order valence-corrected chi connectivity index (χ2v) is 4.91. The Bertz CT molecular complexity index is 594. The molecule has 2 aromatic carbocycles. The molecule has 0 unspecified atom stereocenters. The molecule has 0 fully saturated rings. The van der Waals surface area contributed by atoms with Crippen molar-refractivity contribution in [2.45, 2.75) is 27.0 Å². The molecule has 0 heterocycles. The molecule has 2 rings (SSSR count). The highest BCUT2D eigenvalue weighted by molar-refractivity contribution is 5.39. The van der Waals surface area contributed by atoms with E-state index in [-0.39, 0.29) is 0 Å². The van der Waals surface area contributed by atoms with Crippen molar-refractivity contribution >= 4 is 0 Å². The fourth-order valence-electron chi connectivity index (χ4n) is 2.07. The molecule has 0 bridgehead atoms. The molecule has 3 nitrogen and oxygen atoms in total. The number of hydrogen-bond donors (Lipinski definition) is 1. The van der Waals surface area contributed by atoms with Gasteiger partial charge >= 0.3 is 0 Å². The summed E-state index contributed by atoms with van der Waals surface area (Å²) in [6, 6.07) is 12.2. The van der Waals surface area contributed by atoms with Crippen LogP contribution in [-0.4, -0.2) is 7.11 Å². The molecule has 0 aliphatic heterocycles. The first-order chi connectivity index (χ1) is 9.63. The zero-order chi connectivity index (χ0) is 14.5. The van der Waals surface area contributed by atoms with Crippen molar-refractivity contribution in [2.75, 3.05) is 7.11 Å². The predicted molar refractivity (Wildman–Crippen MR) is 81.1 cm³/mol. The average molecular weight is 271 g/mol. The molecule has 2 aromatic rings. The Hall–Kier alpha value is -2.00. The molecule has 0 amide bonds. The topological polar surface area (TPSA) is 44.5 Å². The molecule has 3 heteroatoms. The number of benzene rings is 2. The van der Waals surface area contributed by atoms with Crippen LogP contribution in [0.25, 0.3) is 0 Å². The quantitative estimate of drug-likeness (QED) is 0.907. The van der Waals surface area contributed by atoms with E-state index in [9.17, 15) is 0 Å². The zero-order valence-corrected chi connectivity index (χ0v) is 12.3. The van der Waals surface area contributed by atoms with Crippen LogP contribution in [0.15, 0.2) is 36.4 Å². The summed E-state index contributed by atoms with van der Waals surface area (Å²) in [6.45, 7) is 5.10. The van der Waals surface area contributed by atoms with Crippen molar-refractivity contribution in [3.63, 3.8) is 0 Å². The lowest BCUT2D eigenvalue weighted by Gasteiger charge is -2.12. The molecule has 2 N–H and O–H groups in total. The molecule has 0 radical (unpaired) electrons. The third-order valence-electron chi connectivity index (χ3n) is 3.31. The molecule has 20 heavy (non-hydrogen) atoms. The summed E-state index contributed by atoms with van der Waals surface area (Å²) in [5.41, 5.74) is 10.1. The van der Waals surface area contributed by atoms with Crippen molar-refractivity contribution in [1.82, 2.24) is 0 Å². The van der Waals surface area contributed by atoms with Gasteiger partial charge in [0.1, 0.15) is 18.1 Å². The molecule has 0 saturated carbocycles. The number of rotatable bonds is 5. The summed E-state index contributed by atoms with van der Waals surface area (Å²) in [7, 11) is 1.66. The van der Waals surface area contributed by atoms with Crippen LogP contribution >= 0.6 is 0 Å².